The van der Waals surface area contributed by atoms with E-state index in [0.29, 0.717) is 30.0 Å². The van der Waals surface area contributed by atoms with Crippen LogP contribution >= 0.6 is 0 Å². The van der Waals surface area contributed by atoms with Crippen LogP contribution in [0, 0.1) is 12.8 Å². The van der Waals surface area contributed by atoms with Crippen molar-refractivity contribution in [1.82, 2.24) is 9.78 Å². The fraction of sp³-hybridized carbons (Fsp3) is 0.667. The minimum Gasteiger partial charge on any atom is -0.409 e. The molecule has 3 N–H and O–H groups in total. The Morgan fingerprint density at radius 2 is 2.14 bits per heavy atom. The minimum absolute atomic E-state index is 0.121. The van der Waals surface area contributed by atoms with Crippen LogP contribution in [0.25, 0.3) is 0 Å². The van der Waals surface area contributed by atoms with Crippen molar-refractivity contribution in [2.75, 3.05) is 18.0 Å². The minimum atomic E-state index is -4.22. The van der Waals surface area contributed by atoms with Gasteiger partial charge < -0.3 is 15.8 Å². The van der Waals surface area contributed by atoms with E-state index in [0.717, 1.165) is 0 Å². The number of nitrogens with two attached hydrogens (primary N) is 1. The number of alkyl halides is 3. The van der Waals surface area contributed by atoms with Gasteiger partial charge in [-0.25, -0.2) is 0 Å². The van der Waals surface area contributed by atoms with Crippen molar-refractivity contribution in [3.05, 3.63) is 11.3 Å². The molecule has 1 saturated heterocycles. The fourth-order valence-electron chi connectivity index (χ4n) is 2.80. The van der Waals surface area contributed by atoms with Gasteiger partial charge in [-0.2, -0.15) is 18.3 Å². The third-order valence-electron chi connectivity index (χ3n) is 3.74. The monoisotopic (exact) mass is 305 g/mol. The smallest absolute Gasteiger partial charge is 0.393 e. The molecule has 1 aromatic heterocycles. The second-order valence-corrected chi connectivity index (χ2v) is 5.22. The van der Waals surface area contributed by atoms with Gasteiger partial charge in [0.05, 0.1) is 17.2 Å². The highest BCUT2D eigenvalue weighted by Crippen LogP contribution is 2.36. The molecular weight excluding hydrogens is 287 g/mol. The summed E-state index contributed by atoms with van der Waals surface area (Å²) in [6.45, 7) is 2.01. The lowest BCUT2D eigenvalue weighted by Gasteiger charge is -2.35. The molecule has 0 spiro atoms. The van der Waals surface area contributed by atoms with E-state index in [1.54, 1.807) is 18.9 Å². The third-order valence-corrected chi connectivity index (χ3v) is 3.74. The summed E-state index contributed by atoms with van der Waals surface area (Å²) < 4.78 is 40.2. The molecule has 1 aromatic rings. The van der Waals surface area contributed by atoms with Gasteiger partial charge in [-0.1, -0.05) is 5.16 Å². The van der Waals surface area contributed by atoms with Crippen molar-refractivity contribution < 1.29 is 18.4 Å². The van der Waals surface area contributed by atoms with Crippen LogP contribution in [0.3, 0.4) is 0 Å². The maximum atomic E-state index is 12.9. The van der Waals surface area contributed by atoms with Crippen LogP contribution in [-0.4, -0.2) is 40.1 Å². The van der Waals surface area contributed by atoms with E-state index in [1.807, 2.05) is 0 Å². The van der Waals surface area contributed by atoms with Crippen molar-refractivity contribution in [3.8, 4) is 0 Å². The summed E-state index contributed by atoms with van der Waals surface area (Å²) in [5.74, 6) is -1.07. The Balaban J connectivity index is 2.38. The molecule has 0 aromatic carbocycles. The summed E-state index contributed by atoms with van der Waals surface area (Å²) in [4.78, 5) is 1.61. The molecule has 2 rings (SSSR count). The number of hydrogen-bond acceptors (Lipinski definition) is 4. The Bertz CT molecular complexity index is 552. The molecule has 9 heteroatoms. The van der Waals surface area contributed by atoms with Gasteiger partial charge in [0.1, 0.15) is 5.82 Å². The van der Waals surface area contributed by atoms with Gasteiger partial charge in [0.25, 0.3) is 0 Å². The van der Waals surface area contributed by atoms with Crippen LogP contribution in [-0.2, 0) is 7.05 Å². The topological polar surface area (TPSA) is 79.7 Å². The Morgan fingerprint density at radius 1 is 1.48 bits per heavy atom. The van der Waals surface area contributed by atoms with Gasteiger partial charge in [0, 0.05) is 20.1 Å². The SMILES string of the molecule is Cc1nn(C)c(N2CCCC(C(F)(F)F)C2)c1C(N)=NO. The molecule has 0 aliphatic carbocycles. The number of halogens is 3. The molecule has 0 amide bonds. The van der Waals surface area contributed by atoms with Crippen molar-refractivity contribution in [2.24, 2.45) is 23.9 Å². The molecule has 1 aliphatic rings. The highest BCUT2D eigenvalue weighted by Gasteiger charge is 2.42. The first kappa shape index (κ1) is 15.5. The molecule has 6 nitrogen and oxygen atoms in total. The zero-order chi connectivity index (χ0) is 15.8. The number of amidine groups is 1. The van der Waals surface area contributed by atoms with Crippen LogP contribution in [0.2, 0.25) is 0 Å². The summed E-state index contributed by atoms with van der Waals surface area (Å²) in [5, 5.41) is 16.0. The number of piperidine rings is 1. The lowest BCUT2D eigenvalue weighted by molar-refractivity contribution is -0.176. The molecule has 2 heterocycles. The van der Waals surface area contributed by atoms with Crippen molar-refractivity contribution >= 4 is 11.7 Å². The third kappa shape index (κ3) is 2.91. The van der Waals surface area contributed by atoms with Crippen LogP contribution in [0.4, 0.5) is 19.0 Å². The molecule has 1 atom stereocenters. The van der Waals surface area contributed by atoms with Gasteiger partial charge in [-0.15, -0.1) is 0 Å². The van der Waals surface area contributed by atoms with E-state index in [4.69, 9.17) is 10.9 Å². The highest BCUT2D eigenvalue weighted by atomic mass is 19.4. The van der Waals surface area contributed by atoms with Crippen molar-refractivity contribution in [1.29, 1.82) is 0 Å². The number of hydrogen-bond donors (Lipinski definition) is 2. The average Bonchev–Trinajstić information content (AvgIpc) is 2.71. The van der Waals surface area contributed by atoms with Crippen molar-refractivity contribution in [3.63, 3.8) is 0 Å². The second kappa shape index (κ2) is 5.45. The van der Waals surface area contributed by atoms with E-state index < -0.39 is 12.1 Å². The van der Waals surface area contributed by atoms with Gasteiger partial charge in [0.15, 0.2) is 5.84 Å². The predicted octanol–water partition coefficient (Wildman–Crippen LogP) is 1.60. The largest absolute Gasteiger partial charge is 0.409 e. The number of nitrogens with zero attached hydrogens (tertiary/aromatic N) is 4. The maximum Gasteiger partial charge on any atom is 0.393 e. The lowest BCUT2D eigenvalue weighted by atomic mass is 9.97. The summed E-state index contributed by atoms with van der Waals surface area (Å²) in [5.41, 5.74) is 6.52. The molecular formula is C12H18F3N5O. The Hall–Kier alpha value is -1.93. The Morgan fingerprint density at radius 3 is 2.71 bits per heavy atom. The van der Waals surface area contributed by atoms with Crippen molar-refractivity contribution in [2.45, 2.75) is 25.9 Å². The fourth-order valence-corrected chi connectivity index (χ4v) is 2.80. The van der Waals surface area contributed by atoms with Gasteiger partial charge in [-0.05, 0) is 19.8 Å². The number of oxime groups is 1. The lowest BCUT2D eigenvalue weighted by Crippen LogP contribution is -2.43. The van der Waals surface area contributed by atoms with E-state index in [9.17, 15) is 13.2 Å². The zero-order valence-electron chi connectivity index (χ0n) is 11.9. The number of aryl methyl sites for hydroxylation is 2. The first-order chi connectivity index (χ1) is 9.75. The second-order valence-electron chi connectivity index (χ2n) is 5.22. The van der Waals surface area contributed by atoms with Gasteiger partial charge >= 0.3 is 6.18 Å². The number of aromatic nitrogens is 2. The van der Waals surface area contributed by atoms with Crippen LogP contribution < -0.4 is 10.6 Å². The molecule has 0 radical (unpaired) electrons. The quantitative estimate of drug-likeness (QED) is 0.376. The molecule has 0 bridgehead atoms. The first-order valence-electron chi connectivity index (χ1n) is 6.58. The number of rotatable bonds is 2. The van der Waals surface area contributed by atoms with E-state index in [-0.39, 0.29) is 18.8 Å². The maximum absolute atomic E-state index is 12.9. The molecule has 1 unspecified atom stereocenters. The summed E-state index contributed by atoms with van der Waals surface area (Å²) in [6, 6.07) is 0. The van der Waals surface area contributed by atoms with Gasteiger partial charge in [-0.3, -0.25) is 4.68 Å². The summed E-state index contributed by atoms with van der Waals surface area (Å²) >= 11 is 0. The normalized spacial score (nSPS) is 20.9. The molecule has 118 valence electrons. The van der Waals surface area contributed by atoms with E-state index in [1.165, 1.54) is 4.68 Å². The standard InChI is InChI=1S/C12H18F3N5O/c1-7-9(10(16)18-21)11(19(2)17-7)20-5-3-4-8(6-20)12(13,14)15/h8,21H,3-6H2,1-2H3,(H2,16,18). The predicted molar refractivity (Wildman–Crippen MR) is 71.4 cm³/mol. The average molecular weight is 305 g/mol. The molecule has 0 saturated carbocycles. The van der Waals surface area contributed by atoms with E-state index >= 15 is 0 Å². The van der Waals surface area contributed by atoms with E-state index in [2.05, 4.69) is 10.3 Å². The van der Waals surface area contributed by atoms with Crippen LogP contribution in [0.1, 0.15) is 24.1 Å². The van der Waals surface area contributed by atoms with Crippen LogP contribution in [0.5, 0.6) is 0 Å². The molecule has 21 heavy (non-hydrogen) atoms. The molecule has 1 fully saturated rings. The Labute approximate surface area is 120 Å². The summed E-state index contributed by atoms with van der Waals surface area (Å²) in [6.07, 6.45) is -3.66. The molecule has 1 aliphatic heterocycles. The highest BCUT2D eigenvalue weighted by molar-refractivity contribution is 6.02. The first-order valence-corrected chi connectivity index (χ1v) is 6.58. The summed E-state index contributed by atoms with van der Waals surface area (Å²) in [7, 11) is 1.63. The van der Waals surface area contributed by atoms with Crippen LogP contribution in [0.15, 0.2) is 5.16 Å². The Kier molecular flexibility index (Phi) is 4.02. The van der Waals surface area contributed by atoms with Gasteiger partial charge in [0.2, 0.25) is 0 Å². The zero-order valence-corrected chi connectivity index (χ0v) is 11.9. The number of anilines is 1.